The Bertz CT molecular complexity index is 555. The maximum Gasteiger partial charge on any atom is 0.0387 e. The standard InChI is InChI=1S/C20H27N/c1-4-5-6-7-8-18-11-14-20(15-17(18)3)21-19-12-9-16(2)10-13-19/h9-15,21H,4-8H2,1-3H3. The smallest absolute Gasteiger partial charge is 0.0387 e. The fraction of sp³-hybridized carbons (Fsp3) is 0.400. The van der Waals surface area contributed by atoms with E-state index < -0.39 is 0 Å². The predicted octanol–water partition coefficient (Wildman–Crippen LogP) is 6.17. The lowest BCUT2D eigenvalue weighted by Crippen LogP contribution is -1.94. The maximum atomic E-state index is 3.48. The molecule has 0 aliphatic heterocycles. The second kappa shape index (κ2) is 7.87. The molecule has 0 aliphatic carbocycles. The van der Waals surface area contributed by atoms with Crippen LogP contribution < -0.4 is 5.32 Å². The van der Waals surface area contributed by atoms with Crippen LogP contribution in [0.1, 0.15) is 49.3 Å². The van der Waals surface area contributed by atoms with Gasteiger partial charge in [-0.3, -0.25) is 0 Å². The molecule has 0 saturated heterocycles. The normalized spacial score (nSPS) is 10.6. The molecule has 112 valence electrons. The molecule has 2 aromatic rings. The molecule has 0 unspecified atom stereocenters. The molecule has 0 fully saturated rings. The summed E-state index contributed by atoms with van der Waals surface area (Å²) in [6, 6.07) is 15.3. The van der Waals surface area contributed by atoms with Gasteiger partial charge in [0.05, 0.1) is 0 Å². The molecule has 1 nitrogen and oxygen atoms in total. The molecule has 1 heteroatoms. The molecule has 0 saturated carbocycles. The molecule has 0 aromatic heterocycles. The monoisotopic (exact) mass is 281 g/mol. The number of rotatable bonds is 7. The maximum absolute atomic E-state index is 3.48. The van der Waals surface area contributed by atoms with Crippen molar-refractivity contribution in [3.05, 3.63) is 59.2 Å². The minimum absolute atomic E-state index is 1.15. The third-order valence-corrected chi connectivity index (χ3v) is 3.98. The molecular weight excluding hydrogens is 254 g/mol. The Morgan fingerprint density at radius 2 is 1.52 bits per heavy atom. The van der Waals surface area contributed by atoms with Gasteiger partial charge in [0.2, 0.25) is 0 Å². The third kappa shape index (κ3) is 4.93. The van der Waals surface area contributed by atoms with E-state index in [1.165, 1.54) is 54.5 Å². The number of hydrogen-bond acceptors (Lipinski definition) is 1. The number of benzene rings is 2. The summed E-state index contributed by atoms with van der Waals surface area (Å²) in [5.74, 6) is 0. The fourth-order valence-corrected chi connectivity index (χ4v) is 2.60. The highest BCUT2D eigenvalue weighted by atomic mass is 14.9. The van der Waals surface area contributed by atoms with Gasteiger partial charge in [-0.25, -0.2) is 0 Å². The molecule has 1 N–H and O–H groups in total. The van der Waals surface area contributed by atoms with E-state index in [1.807, 2.05) is 0 Å². The number of nitrogens with one attached hydrogen (secondary N) is 1. The van der Waals surface area contributed by atoms with Gasteiger partial charge in [0, 0.05) is 11.4 Å². The van der Waals surface area contributed by atoms with Crippen molar-refractivity contribution in [2.45, 2.75) is 52.9 Å². The summed E-state index contributed by atoms with van der Waals surface area (Å²) in [6.45, 7) is 6.59. The van der Waals surface area contributed by atoms with Gasteiger partial charge in [-0.15, -0.1) is 0 Å². The van der Waals surface area contributed by atoms with Gasteiger partial charge >= 0.3 is 0 Å². The number of hydrogen-bond donors (Lipinski definition) is 1. The van der Waals surface area contributed by atoms with Gasteiger partial charge in [0.15, 0.2) is 0 Å². The zero-order chi connectivity index (χ0) is 15.1. The highest BCUT2D eigenvalue weighted by molar-refractivity contribution is 5.61. The lowest BCUT2D eigenvalue weighted by molar-refractivity contribution is 0.666. The van der Waals surface area contributed by atoms with E-state index in [9.17, 15) is 0 Å². The first-order chi connectivity index (χ1) is 10.2. The third-order valence-electron chi connectivity index (χ3n) is 3.98. The van der Waals surface area contributed by atoms with E-state index in [1.54, 1.807) is 0 Å². The lowest BCUT2D eigenvalue weighted by Gasteiger charge is -2.11. The topological polar surface area (TPSA) is 12.0 Å². The summed E-state index contributed by atoms with van der Waals surface area (Å²) in [5, 5.41) is 3.48. The zero-order valence-electron chi connectivity index (χ0n) is 13.6. The molecule has 0 spiro atoms. The number of unbranched alkanes of at least 4 members (excludes halogenated alkanes) is 3. The van der Waals surface area contributed by atoms with Crippen LogP contribution in [0, 0.1) is 13.8 Å². The molecule has 21 heavy (non-hydrogen) atoms. The van der Waals surface area contributed by atoms with E-state index >= 15 is 0 Å². The first-order valence-corrected chi connectivity index (χ1v) is 8.12. The van der Waals surface area contributed by atoms with Crippen LogP contribution in [0.4, 0.5) is 11.4 Å². The quantitative estimate of drug-likeness (QED) is 0.598. The van der Waals surface area contributed by atoms with Crippen LogP contribution in [0.5, 0.6) is 0 Å². The zero-order valence-corrected chi connectivity index (χ0v) is 13.6. The van der Waals surface area contributed by atoms with E-state index in [0.29, 0.717) is 0 Å². The van der Waals surface area contributed by atoms with Crippen molar-refractivity contribution in [3.63, 3.8) is 0 Å². The average Bonchev–Trinajstić information content (AvgIpc) is 2.48. The number of anilines is 2. The van der Waals surface area contributed by atoms with Crippen molar-refractivity contribution in [1.29, 1.82) is 0 Å². The molecule has 2 rings (SSSR count). The van der Waals surface area contributed by atoms with Gasteiger partial charge in [-0.1, -0.05) is 49.9 Å². The molecule has 0 bridgehead atoms. The second-order valence-electron chi connectivity index (χ2n) is 5.94. The Morgan fingerprint density at radius 3 is 2.19 bits per heavy atom. The van der Waals surface area contributed by atoms with E-state index in [4.69, 9.17) is 0 Å². The van der Waals surface area contributed by atoms with Crippen LogP contribution in [-0.4, -0.2) is 0 Å². The minimum Gasteiger partial charge on any atom is -0.356 e. The van der Waals surface area contributed by atoms with Crippen molar-refractivity contribution in [2.24, 2.45) is 0 Å². The van der Waals surface area contributed by atoms with Crippen LogP contribution in [0.15, 0.2) is 42.5 Å². The first-order valence-electron chi connectivity index (χ1n) is 8.12. The van der Waals surface area contributed by atoms with Gasteiger partial charge in [0.1, 0.15) is 0 Å². The summed E-state index contributed by atoms with van der Waals surface area (Å²) in [4.78, 5) is 0. The minimum atomic E-state index is 1.15. The van der Waals surface area contributed by atoms with Crippen molar-refractivity contribution in [1.82, 2.24) is 0 Å². The van der Waals surface area contributed by atoms with Crippen LogP contribution >= 0.6 is 0 Å². The number of aryl methyl sites for hydroxylation is 3. The van der Waals surface area contributed by atoms with Crippen LogP contribution in [-0.2, 0) is 6.42 Å². The Kier molecular flexibility index (Phi) is 5.86. The summed E-state index contributed by atoms with van der Waals surface area (Å²) < 4.78 is 0. The van der Waals surface area contributed by atoms with Crippen LogP contribution in [0.3, 0.4) is 0 Å². The molecule has 0 atom stereocenters. The summed E-state index contributed by atoms with van der Waals surface area (Å²) in [6.07, 6.45) is 6.51. The highest BCUT2D eigenvalue weighted by Gasteiger charge is 2.01. The Hall–Kier alpha value is -1.76. The van der Waals surface area contributed by atoms with Gasteiger partial charge in [-0.05, 0) is 62.1 Å². The van der Waals surface area contributed by atoms with Crippen LogP contribution in [0.25, 0.3) is 0 Å². The molecule has 0 heterocycles. The van der Waals surface area contributed by atoms with E-state index in [-0.39, 0.29) is 0 Å². The lowest BCUT2D eigenvalue weighted by atomic mass is 10.0. The Morgan fingerprint density at radius 1 is 0.810 bits per heavy atom. The van der Waals surface area contributed by atoms with Crippen molar-refractivity contribution in [3.8, 4) is 0 Å². The fourth-order valence-electron chi connectivity index (χ4n) is 2.60. The molecule has 2 aromatic carbocycles. The molecule has 0 radical (unpaired) electrons. The average molecular weight is 281 g/mol. The molecule has 0 amide bonds. The summed E-state index contributed by atoms with van der Waals surface area (Å²) in [5.41, 5.74) is 6.49. The highest BCUT2D eigenvalue weighted by Crippen LogP contribution is 2.21. The molecular formula is C20H27N. The molecule has 0 aliphatic rings. The van der Waals surface area contributed by atoms with Crippen molar-refractivity contribution < 1.29 is 0 Å². The predicted molar refractivity (Wildman–Crippen MR) is 93.5 cm³/mol. The van der Waals surface area contributed by atoms with E-state index in [2.05, 4.69) is 68.6 Å². The van der Waals surface area contributed by atoms with Crippen LogP contribution in [0.2, 0.25) is 0 Å². The summed E-state index contributed by atoms with van der Waals surface area (Å²) in [7, 11) is 0. The second-order valence-corrected chi connectivity index (χ2v) is 5.94. The van der Waals surface area contributed by atoms with Crippen molar-refractivity contribution >= 4 is 11.4 Å². The van der Waals surface area contributed by atoms with Crippen molar-refractivity contribution in [2.75, 3.05) is 5.32 Å². The first kappa shape index (κ1) is 15.6. The Labute approximate surface area is 129 Å². The Balaban J connectivity index is 1.96. The van der Waals surface area contributed by atoms with Gasteiger partial charge in [0.25, 0.3) is 0 Å². The van der Waals surface area contributed by atoms with Gasteiger partial charge in [-0.2, -0.15) is 0 Å². The largest absolute Gasteiger partial charge is 0.356 e. The van der Waals surface area contributed by atoms with Gasteiger partial charge < -0.3 is 5.32 Å². The van der Waals surface area contributed by atoms with E-state index in [0.717, 1.165) is 5.69 Å². The SMILES string of the molecule is CCCCCCc1ccc(Nc2ccc(C)cc2)cc1C. The summed E-state index contributed by atoms with van der Waals surface area (Å²) >= 11 is 0.